The molecule has 0 aliphatic carbocycles. The van der Waals surface area contributed by atoms with Gasteiger partial charge in [0.25, 0.3) is 0 Å². The van der Waals surface area contributed by atoms with E-state index >= 15 is 0 Å². The number of hydrogen-bond donors (Lipinski definition) is 1. The lowest BCUT2D eigenvalue weighted by Gasteiger charge is -2.10. The summed E-state index contributed by atoms with van der Waals surface area (Å²) >= 11 is 0. The molecule has 1 aliphatic rings. The van der Waals surface area contributed by atoms with E-state index in [4.69, 9.17) is 9.84 Å². The normalized spacial score (nSPS) is 19.9. The summed E-state index contributed by atoms with van der Waals surface area (Å²) in [5.41, 5.74) is 2.28. The van der Waals surface area contributed by atoms with Crippen molar-refractivity contribution >= 4 is 5.97 Å². The van der Waals surface area contributed by atoms with Crippen molar-refractivity contribution < 1.29 is 14.6 Å². The van der Waals surface area contributed by atoms with Crippen LogP contribution in [0.15, 0.2) is 24.3 Å². The van der Waals surface area contributed by atoms with Gasteiger partial charge in [-0.15, -0.1) is 0 Å². The molecular weight excluding hydrogens is 204 g/mol. The summed E-state index contributed by atoms with van der Waals surface area (Å²) in [4.78, 5) is 10.4. The standard InChI is InChI=1S/C13H16O3/c14-13(15)8-5-10-3-6-11(7-4-10)12-2-1-9-16-12/h3-4,6-7,12H,1-2,5,8-9H2,(H,14,15). The van der Waals surface area contributed by atoms with E-state index in [0.717, 1.165) is 25.0 Å². The molecule has 0 bridgehead atoms. The van der Waals surface area contributed by atoms with E-state index in [1.54, 1.807) is 0 Å². The van der Waals surface area contributed by atoms with Gasteiger partial charge in [-0.3, -0.25) is 4.79 Å². The average Bonchev–Trinajstić information content (AvgIpc) is 2.80. The summed E-state index contributed by atoms with van der Waals surface area (Å²) in [5.74, 6) is -0.747. The first-order chi connectivity index (χ1) is 7.75. The molecule has 0 spiro atoms. The average molecular weight is 220 g/mol. The molecule has 0 amide bonds. The van der Waals surface area contributed by atoms with E-state index in [0.29, 0.717) is 6.42 Å². The van der Waals surface area contributed by atoms with Crippen LogP contribution in [0.1, 0.15) is 36.5 Å². The minimum Gasteiger partial charge on any atom is -0.481 e. The lowest BCUT2D eigenvalue weighted by molar-refractivity contribution is -0.136. The summed E-state index contributed by atoms with van der Waals surface area (Å²) < 4.78 is 5.58. The predicted molar refractivity (Wildman–Crippen MR) is 60.3 cm³/mol. The molecule has 1 atom stereocenters. The smallest absolute Gasteiger partial charge is 0.303 e. The van der Waals surface area contributed by atoms with Crippen molar-refractivity contribution in [1.82, 2.24) is 0 Å². The van der Waals surface area contributed by atoms with Crippen LogP contribution in [0, 0.1) is 0 Å². The van der Waals surface area contributed by atoms with Crippen molar-refractivity contribution in [3.63, 3.8) is 0 Å². The van der Waals surface area contributed by atoms with Gasteiger partial charge < -0.3 is 9.84 Å². The highest BCUT2D eigenvalue weighted by Gasteiger charge is 2.17. The number of carboxylic acids is 1. The molecule has 1 heterocycles. The summed E-state index contributed by atoms with van der Waals surface area (Å²) in [6.07, 6.45) is 3.26. The van der Waals surface area contributed by atoms with Crippen LogP contribution in [0.3, 0.4) is 0 Å². The van der Waals surface area contributed by atoms with Crippen LogP contribution in [0.5, 0.6) is 0 Å². The van der Waals surface area contributed by atoms with Gasteiger partial charge in [-0.25, -0.2) is 0 Å². The van der Waals surface area contributed by atoms with Crippen molar-refractivity contribution in [3.8, 4) is 0 Å². The first-order valence-electron chi connectivity index (χ1n) is 5.68. The highest BCUT2D eigenvalue weighted by molar-refractivity contribution is 5.67. The van der Waals surface area contributed by atoms with Crippen LogP contribution >= 0.6 is 0 Å². The largest absolute Gasteiger partial charge is 0.481 e. The van der Waals surface area contributed by atoms with Crippen LogP contribution in [-0.4, -0.2) is 17.7 Å². The first kappa shape index (κ1) is 11.1. The molecular formula is C13H16O3. The highest BCUT2D eigenvalue weighted by atomic mass is 16.5. The zero-order valence-corrected chi connectivity index (χ0v) is 9.19. The summed E-state index contributed by atoms with van der Waals surface area (Å²) in [6.45, 7) is 0.853. The van der Waals surface area contributed by atoms with Gasteiger partial charge in [-0.05, 0) is 30.4 Å². The van der Waals surface area contributed by atoms with Gasteiger partial charge in [0, 0.05) is 13.0 Å². The number of aliphatic carboxylic acids is 1. The minimum atomic E-state index is -0.747. The Balaban J connectivity index is 1.95. The second kappa shape index (κ2) is 5.12. The maximum Gasteiger partial charge on any atom is 0.303 e. The zero-order valence-electron chi connectivity index (χ0n) is 9.19. The summed E-state index contributed by atoms with van der Waals surface area (Å²) in [5, 5.41) is 8.58. The van der Waals surface area contributed by atoms with Gasteiger partial charge in [-0.2, -0.15) is 0 Å². The monoisotopic (exact) mass is 220 g/mol. The molecule has 3 heteroatoms. The Labute approximate surface area is 95.0 Å². The van der Waals surface area contributed by atoms with Crippen LogP contribution in [-0.2, 0) is 16.0 Å². The second-order valence-corrected chi connectivity index (χ2v) is 4.14. The molecule has 1 aromatic carbocycles. The molecule has 1 fully saturated rings. The summed E-state index contributed by atoms with van der Waals surface area (Å²) in [6, 6.07) is 8.10. The fraction of sp³-hybridized carbons (Fsp3) is 0.462. The summed E-state index contributed by atoms with van der Waals surface area (Å²) in [7, 11) is 0. The van der Waals surface area contributed by atoms with Gasteiger partial charge >= 0.3 is 5.97 Å². The molecule has 0 radical (unpaired) electrons. The zero-order chi connectivity index (χ0) is 11.4. The van der Waals surface area contributed by atoms with Gasteiger partial charge in [0.1, 0.15) is 0 Å². The molecule has 1 saturated heterocycles. The van der Waals surface area contributed by atoms with E-state index in [2.05, 4.69) is 0 Å². The van der Waals surface area contributed by atoms with Gasteiger partial charge in [0.15, 0.2) is 0 Å². The fourth-order valence-corrected chi connectivity index (χ4v) is 1.99. The SMILES string of the molecule is O=C(O)CCc1ccc(C2CCCO2)cc1. The first-order valence-corrected chi connectivity index (χ1v) is 5.68. The molecule has 2 rings (SSSR count). The Morgan fingerprint density at radius 1 is 1.38 bits per heavy atom. The van der Waals surface area contributed by atoms with Crippen molar-refractivity contribution in [2.45, 2.75) is 31.8 Å². The van der Waals surface area contributed by atoms with Crippen LogP contribution in [0.4, 0.5) is 0 Å². The lowest BCUT2D eigenvalue weighted by Crippen LogP contribution is -1.99. The van der Waals surface area contributed by atoms with Crippen molar-refractivity contribution in [1.29, 1.82) is 0 Å². The number of rotatable bonds is 4. The second-order valence-electron chi connectivity index (χ2n) is 4.14. The molecule has 1 N–H and O–H groups in total. The third kappa shape index (κ3) is 2.83. The molecule has 3 nitrogen and oxygen atoms in total. The van der Waals surface area contributed by atoms with Crippen molar-refractivity contribution in [2.75, 3.05) is 6.61 Å². The van der Waals surface area contributed by atoms with E-state index in [-0.39, 0.29) is 12.5 Å². The van der Waals surface area contributed by atoms with E-state index in [9.17, 15) is 4.79 Å². The van der Waals surface area contributed by atoms with Gasteiger partial charge in [0.2, 0.25) is 0 Å². The number of benzene rings is 1. The third-order valence-corrected chi connectivity index (χ3v) is 2.91. The van der Waals surface area contributed by atoms with E-state index in [1.165, 1.54) is 5.56 Å². The van der Waals surface area contributed by atoms with Crippen LogP contribution < -0.4 is 0 Å². The van der Waals surface area contributed by atoms with E-state index < -0.39 is 5.97 Å². The van der Waals surface area contributed by atoms with Gasteiger partial charge in [-0.1, -0.05) is 24.3 Å². The molecule has 1 aromatic rings. The van der Waals surface area contributed by atoms with E-state index in [1.807, 2.05) is 24.3 Å². The molecule has 86 valence electrons. The molecule has 1 unspecified atom stereocenters. The van der Waals surface area contributed by atoms with Gasteiger partial charge in [0.05, 0.1) is 6.10 Å². The number of carboxylic acid groups (broad SMARTS) is 1. The Kier molecular flexibility index (Phi) is 3.57. The number of aryl methyl sites for hydroxylation is 1. The van der Waals surface area contributed by atoms with Crippen LogP contribution in [0.2, 0.25) is 0 Å². The highest BCUT2D eigenvalue weighted by Crippen LogP contribution is 2.28. The molecule has 16 heavy (non-hydrogen) atoms. The Morgan fingerprint density at radius 2 is 2.12 bits per heavy atom. The number of carbonyl (C=O) groups is 1. The molecule has 1 aliphatic heterocycles. The number of hydrogen-bond acceptors (Lipinski definition) is 2. The topological polar surface area (TPSA) is 46.5 Å². The maximum atomic E-state index is 10.4. The minimum absolute atomic E-state index is 0.194. The quantitative estimate of drug-likeness (QED) is 0.848. The molecule has 0 aromatic heterocycles. The van der Waals surface area contributed by atoms with Crippen molar-refractivity contribution in [3.05, 3.63) is 35.4 Å². The maximum absolute atomic E-state index is 10.4. The predicted octanol–water partition coefficient (Wildman–Crippen LogP) is 2.56. The van der Waals surface area contributed by atoms with Crippen molar-refractivity contribution in [2.24, 2.45) is 0 Å². The fourth-order valence-electron chi connectivity index (χ4n) is 1.99. The van der Waals surface area contributed by atoms with Crippen LogP contribution in [0.25, 0.3) is 0 Å². The lowest BCUT2D eigenvalue weighted by atomic mass is 10.0. The Bertz CT molecular complexity index is 350. The third-order valence-electron chi connectivity index (χ3n) is 2.91. The Hall–Kier alpha value is -1.35. The number of ether oxygens (including phenoxy) is 1. The Morgan fingerprint density at radius 3 is 2.69 bits per heavy atom. The molecule has 0 saturated carbocycles.